The van der Waals surface area contributed by atoms with E-state index in [4.69, 9.17) is 0 Å². The van der Waals surface area contributed by atoms with Crippen molar-refractivity contribution in [2.24, 2.45) is 50.7 Å². The molecule has 34 heavy (non-hydrogen) atoms. The van der Waals surface area contributed by atoms with Gasteiger partial charge < -0.3 is 0 Å². The van der Waals surface area contributed by atoms with Gasteiger partial charge in [0.1, 0.15) is 6.07 Å². The number of hydrogen-bond donors (Lipinski definition) is 0. The lowest BCUT2D eigenvalue weighted by molar-refractivity contribution is -0.161. The van der Waals surface area contributed by atoms with Crippen LogP contribution in [0, 0.1) is 73.4 Å². The van der Waals surface area contributed by atoms with E-state index in [1.165, 1.54) is 0 Å². The van der Waals surface area contributed by atoms with Crippen molar-refractivity contribution >= 4 is 11.6 Å². The van der Waals surface area contributed by atoms with Crippen LogP contribution in [0.1, 0.15) is 86.5 Å². The summed E-state index contributed by atoms with van der Waals surface area (Å²) in [5.74, 6) is -0.0370. The van der Waals surface area contributed by atoms with Crippen molar-refractivity contribution in [1.29, 1.82) is 10.5 Å². The summed E-state index contributed by atoms with van der Waals surface area (Å²) in [6.45, 7) is 13.4. The predicted octanol–water partition coefficient (Wildman–Crippen LogP) is 6.34. The average Bonchev–Trinajstić information content (AvgIpc) is 2.77. The molecule has 0 saturated heterocycles. The second-order valence-corrected chi connectivity index (χ2v) is 13.7. The first kappa shape index (κ1) is 23.5. The molecule has 5 rings (SSSR count). The van der Waals surface area contributed by atoms with E-state index < -0.39 is 10.8 Å². The highest BCUT2D eigenvalue weighted by Crippen LogP contribution is 2.73. The van der Waals surface area contributed by atoms with Crippen molar-refractivity contribution < 1.29 is 9.59 Å². The molecule has 0 N–H and O–H groups in total. The van der Waals surface area contributed by atoms with Gasteiger partial charge in [-0.3, -0.25) is 9.59 Å². The molecule has 0 aliphatic heterocycles. The smallest absolute Gasteiger partial charge is 0.176 e. The summed E-state index contributed by atoms with van der Waals surface area (Å²) >= 11 is 0. The first-order valence-corrected chi connectivity index (χ1v) is 13.1. The van der Waals surface area contributed by atoms with E-state index >= 15 is 0 Å². The Morgan fingerprint density at radius 3 is 2.26 bits per heavy atom. The second-order valence-electron chi connectivity index (χ2n) is 13.7. The summed E-state index contributed by atoms with van der Waals surface area (Å²) in [5, 5.41) is 20.1. The van der Waals surface area contributed by atoms with Crippen molar-refractivity contribution in [2.75, 3.05) is 0 Å². The maximum atomic E-state index is 14.1. The lowest BCUT2D eigenvalue weighted by Crippen LogP contribution is -2.64. The normalized spacial score (nSPS) is 49.2. The van der Waals surface area contributed by atoms with Gasteiger partial charge in [-0.15, -0.1) is 0 Å². The van der Waals surface area contributed by atoms with Gasteiger partial charge in [-0.05, 0) is 79.1 Å². The van der Waals surface area contributed by atoms with Gasteiger partial charge in [-0.1, -0.05) is 53.2 Å². The van der Waals surface area contributed by atoms with Crippen molar-refractivity contribution in [1.82, 2.24) is 0 Å². The van der Waals surface area contributed by atoms with E-state index in [-0.39, 0.29) is 57.1 Å². The fourth-order valence-corrected chi connectivity index (χ4v) is 9.45. The standard InChI is InChI=1S/C30H38N2O2/c1-18-20-7-8-28(5)23(27(20,4)14-19(16-31)25(18)34)13-22(33)24-21-15-26(2,3)9-11-30(21,17-32)12-10-29(24,28)6/h13-14,18,20-21,24H,7-12,15H2,1-6H3/t18-,20?,21?,24?,27-,28+,29+,30+/m0/s1. The zero-order valence-corrected chi connectivity index (χ0v) is 21.6. The maximum Gasteiger partial charge on any atom is 0.176 e. The van der Waals surface area contributed by atoms with Gasteiger partial charge >= 0.3 is 0 Å². The Morgan fingerprint density at radius 2 is 1.62 bits per heavy atom. The molecule has 8 atom stereocenters. The molecule has 3 unspecified atom stereocenters. The molecule has 0 aromatic carbocycles. The van der Waals surface area contributed by atoms with Crippen LogP contribution in [0.2, 0.25) is 0 Å². The van der Waals surface area contributed by atoms with Gasteiger partial charge in [-0.2, -0.15) is 10.5 Å². The minimum absolute atomic E-state index is 0.0543. The lowest BCUT2D eigenvalue weighted by Gasteiger charge is -2.67. The number of Topliss-reactive ketones (excluding diaryl/α,β-unsaturated/α-hetero) is 1. The molecule has 0 bridgehead atoms. The SMILES string of the molecule is C[C@@H]1C(=O)C(C#N)=C[C@]2(C)C3=CC(=O)C4C5CC(C)(C)CC[C@]5(C#N)CC[C@@]4(C)[C@]3(C)CCC12. The molecule has 0 aromatic heterocycles. The lowest BCUT2D eigenvalue weighted by atomic mass is 9.35. The molecule has 5 aliphatic carbocycles. The maximum absolute atomic E-state index is 14.1. The number of fused-ring (bicyclic) bond motifs is 7. The minimum atomic E-state index is -0.468. The zero-order valence-electron chi connectivity index (χ0n) is 21.6. The van der Waals surface area contributed by atoms with Crippen molar-refractivity contribution in [3.05, 3.63) is 23.3 Å². The molecular weight excluding hydrogens is 420 g/mol. The van der Waals surface area contributed by atoms with Crippen molar-refractivity contribution in [2.45, 2.75) is 86.5 Å². The topological polar surface area (TPSA) is 81.7 Å². The first-order valence-electron chi connectivity index (χ1n) is 13.1. The highest BCUT2D eigenvalue weighted by molar-refractivity contribution is 6.02. The van der Waals surface area contributed by atoms with Crippen LogP contribution in [0.15, 0.2) is 23.3 Å². The number of carbonyl (C=O) groups is 2. The van der Waals surface area contributed by atoms with E-state index in [0.29, 0.717) is 0 Å². The summed E-state index contributed by atoms with van der Waals surface area (Å²) in [5.41, 5.74) is 0.233. The molecule has 0 heterocycles. The highest BCUT2D eigenvalue weighted by Gasteiger charge is 2.69. The van der Waals surface area contributed by atoms with Crippen LogP contribution in [0.5, 0.6) is 0 Å². The van der Waals surface area contributed by atoms with Crippen molar-refractivity contribution in [3.63, 3.8) is 0 Å². The largest absolute Gasteiger partial charge is 0.295 e. The van der Waals surface area contributed by atoms with Crippen LogP contribution in [0.4, 0.5) is 0 Å². The third kappa shape index (κ3) is 2.69. The Hall–Kier alpha value is -2.20. The number of allylic oxidation sites excluding steroid dienone is 4. The van der Waals surface area contributed by atoms with E-state index in [1.54, 1.807) is 0 Å². The fraction of sp³-hybridized carbons (Fsp3) is 0.733. The van der Waals surface area contributed by atoms with Gasteiger partial charge in [0.2, 0.25) is 0 Å². The van der Waals surface area contributed by atoms with Crippen LogP contribution in [-0.2, 0) is 9.59 Å². The van der Waals surface area contributed by atoms with E-state index in [1.807, 2.05) is 19.1 Å². The van der Waals surface area contributed by atoms with Crippen LogP contribution in [-0.4, -0.2) is 11.6 Å². The number of nitrogens with zero attached hydrogens (tertiary/aromatic N) is 2. The molecule has 3 saturated carbocycles. The van der Waals surface area contributed by atoms with E-state index in [2.05, 4.69) is 46.8 Å². The van der Waals surface area contributed by atoms with Gasteiger partial charge in [0.05, 0.1) is 17.1 Å². The quantitative estimate of drug-likeness (QED) is 0.424. The molecule has 180 valence electrons. The zero-order chi connectivity index (χ0) is 24.9. The molecule has 0 spiro atoms. The highest BCUT2D eigenvalue weighted by atomic mass is 16.1. The predicted molar refractivity (Wildman–Crippen MR) is 130 cm³/mol. The fourth-order valence-electron chi connectivity index (χ4n) is 9.45. The molecule has 4 heteroatoms. The molecular formula is C30H38N2O2. The molecule has 0 aromatic rings. The van der Waals surface area contributed by atoms with Crippen LogP contribution in [0.25, 0.3) is 0 Å². The number of carbonyl (C=O) groups excluding carboxylic acids is 2. The summed E-state index contributed by atoms with van der Waals surface area (Å²) in [6, 6.07) is 4.88. The van der Waals surface area contributed by atoms with Crippen LogP contribution in [0.3, 0.4) is 0 Å². The number of ketones is 2. The summed E-state index contributed by atoms with van der Waals surface area (Å²) in [6.07, 6.45) is 10.3. The Morgan fingerprint density at radius 1 is 0.941 bits per heavy atom. The van der Waals surface area contributed by atoms with Crippen LogP contribution >= 0.6 is 0 Å². The Labute approximate surface area is 204 Å². The number of hydrogen-bond acceptors (Lipinski definition) is 4. The Kier molecular flexibility index (Phi) is 4.80. The summed E-state index contributed by atoms with van der Waals surface area (Å²) in [7, 11) is 0. The Bertz CT molecular complexity index is 1130. The van der Waals surface area contributed by atoms with E-state index in [0.717, 1.165) is 50.5 Å². The molecule has 3 fully saturated rings. The molecule has 0 radical (unpaired) electrons. The molecule has 0 amide bonds. The minimum Gasteiger partial charge on any atom is -0.295 e. The van der Waals surface area contributed by atoms with Crippen LogP contribution < -0.4 is 0 Å². The monoisotopic (exact) mass is 458 g/mol. The van der Waals surface area contributed by atoms with Gasteiger partial charge in [0.25, 0.3) is 0 Å². The Balaban J connectivity index is 1.69. The third-order valence-electron chi connectivity index (χ3n) is 11.7. The molecule has 4 nitrogen and oxygen atoms in total. The van der Waals surface area contributed by atoms with Gasteiger partial charge in [0, 0.05) is 17.3 Å². The first-order chi connectivity index (χ1) is 15.8. The number of rotatable bonds is 0. The second kappa shape index (κ2) is 6.94. The molecule has 5 aliphatic rings. The van der Waals surface area contributed by atoms with E-state index in [9.17, 15) is 20.1 Å². The third-order valence-corrected chi connectivity index (χ3v) is 11.7. The van der Waals surface area contributed by atoms with Gasteiger partial charge in [-0.25, -0.2) is 0 Å². The van der Waals surface area contributed by atoms with Gasteiger partial charge in [0.15, 0.2) is 11.6 Å². The number of nitriles is 2. The summed E-state index contributed by atoms with van der Waals surface area (Å²) < 4.78 is 0. The van der Waals surface area contributed by atoms with Crippen molar-refractivity contribution in [3.8, 4) is 12.1 Å². The average molecular weight is 459 g/mol. The summed E-state index contributed by atoms with van der Waals surface area (Å²) in [4.78, 5) is 27.0.